The van der Waals surface area contributed by atoms with Crippen LogP contribution in [0.1, 0.15) is 30.9 Å². The molecular weight excluding hydrogens is 288 g/mol. The smallest absolute Gasteiger partial charge is 0.177 e. The highest BCUT2D eigenvalue weighted by atomic mass is 15.3. The number of rotatable bonds is 3. The first-order chi connectivity index (χ1) is 11.2. The van der Waals surface area contributed by atoms with Crippen LogP contribution in [0.4, 0.5) is 17.2 Å². The number of benzene rings is 1. The summed E-state index contributed by atoms with van der Waals surface area (Å²) >= 11 is 0. The molecule has 5 N–H and O–H groups in total. The number of nitrogens with zero attached hydrogens (tertiary/aromatic N) is 3. The lowest BCUT2D eigenvalue weighted by Crippen LogP contribution is -2.14. The van der Waals surface area contributed by atoms with Crippen LogP contribution < -0.4 is 16.8 Å². The van der Waals surface area contributed by atoms with Crippen molar-refractivity contribution in [2.45, 2.75) is 31.2 Å². The SMILES string of the molecule is Nc1cc(Nc2ccccc2)c2nc(C3CCC(N)C3)cn2n1. The standard InChI is InChI=1S/C17H20N6/c18-12-7-6-11(8-12)15-10-23-17(21-15)14(9-16(19)22-23)20-13-4-2-1-3-5-13/h1-5,9-12,20H,6-8,18H2,(H2,19,22). The second kappa shape index (κ2) is 5.55. The number of nitrogens with two attached hydrogens (primary N) is 2. The molecule has 1 saturated carbocycles. The number of anilines is 3. The number of hydrogen-bond acceptors (Lipinski definition) is 5. The van der Waals surface area contributed by atoms with Gasteiger partial charge in [0.15, 0.2) is 5.65 Å². The average Bonchev–Trinajstić information content (AvgIpc) is 3.14. The van der Waals surface area contributed by atoms with Crippen molar-refractivity contribution in [1.82, 2.24) is 14.6 Å². The van der Waals surface area contributed by atoms with Gasteiger partial charge in [-0.1, -0.05) is 18.2 Å². The highest BCUT2D eigenvalue weighted by molar-refractivity contribution is 5.75. The summed E-state index contributed by atoms with van der Waals surface area (Å²) in [5.41, 5.74) is 15.7. The molecule has 1 fully saturated rings. The molecular formula is C17H20N6. The Hall–Kier alpha value is -2.60. The average molecular weight is 308 g/mol. The quantitative estimate of drug-likeness (QED) is 0.691. The van der Waals surface area contributed by atoms with Crippen LogP contribution in [0.2, 0.25) is 0 Å². The minimum Gasteiger partial charge on any atom is -0.382 e. The molecule has 1 aliphatic carbocycles. The molecule has 2 heterocycles. The molecule has 0 amide bonds. The van der Waals surface area contributed by atoms with Crippen molar-refractivity contribution in [2.75, 3.05) is 11.1 Å². The minimum atomic E-state index is 0.282. The van der Waals surface area contributed by atoms with Gasteiger partial charge >= 0.3 is 0 Å². The second-order valence-corrected chi connectivity index (χ2v) is 6.18. The van der Waals surface area contributed by atoms with Gasteiger partial charge in [0.25, 0.3) is 0 Å². The van der Waals surface area contributed by atoms with E-state index in [0.29, 0.717) is 11.7 Å². The summed E-state index contributed by atoms with van der Waals surface area (Å²) in [5.74, 6) is 0.875. The Kier molecular flexibility index (Phi) is 3.38. The lowest BCUT2D eigenvalue weighted by Gasteiger charge is -2.08. The largest absolute Gasteiger partial charge is 0.382 e. The molecule has 6 nitrogen and oxygen atoms in total. The van der Waals surface area contributed by atoms with E-state index in [0.717, 1.165) is 42.0 Å². The van der Waals surface area contributed by atoms with Gasteiger partial charge in [0.1, 0.15) is 5.82 Å². The van der Waals surface area contributed by atoms with Gasteiger partial charge in [-0.05, 0) is 31.4 Å². The van der Waals surface area contributed by atoms with Gasteiger partial charge in [-0.2, -0.15) is 0 Å². The number of hydrogen-bond donors (Lipinski definition) is 3. The van der Waals surface area contributed by atoms with E-state index in [-0.39, 0.29) is 6.04 Å². The number of imidazole rings is 1. The topological polar surface area (TPSA) is 94.3 Å². The highest BCUT2D eigenvalue weighted by Gasteiger charge is 2.26. The number of fused-ring (bicyclic) bond motifs is 1. The van der Waals surface area contributed by atoms with Crippen LogP contribution in [-0.2, 0) is 0 Å². The fourth-order valence-electron chi connectivity index (χ4n) is 3.27. The summed E-state index contributed by atoms with van der Waals surface area (Å²) in [5, 5.41) is 7.72. The van der Waals surface area contributed by atoms with Crippen molar-refractivity contribution in [2.24, 2.45) is 5.73 Å². The first-order valence-electron chi connectivity index (χ1n) is 7.92. The van der Waals surface area contributed by atoms with Crippen molar-refractivity contribution in [1.29, 1.82) is 0 Å². The van der Waals surface area contributed by atoms with Gasteiger partial charge in [0.05, 0.1) is 17.6 Å². The van der Waals surface area contributed by atoms with E-state index in [1.165, 1.54) is 0 Å². The number of aromatic nitrogens is 3. The van der Waals surface area contributed by atoms with Gasteiger partial charge in [-0.25, -0.2) is 9.50 Å². The minimum absolute atomic E-state index is 0.282. The molecule has 2 unspecified atom stereocenters. The maximum atomic E-state index is 6.03. The summed E-state index contributed by atoms with van der Waals surface area (Å²) in [6.07, 6.45) is 5.11. The van der Waals surface area contributed by atoms with Crippen LogP contribution in [0, 0.1) is 0 Å². The van der Waals surface area contributed by atoms with E-state index in [2.05, 4.69) is 10.4 Å². The number of nitrogen functional groups attached to an aromatic ring is 1. The van der Waals surface area contributed by atoms with E-state index in [4.69, 9.17) is 16.5 Å². The molecule has 4 rings (SSSR count). The first-order valence-corrected chi connectivity index (χ1v) is 7.92. The predicted molar refractivity (Wildman–Crippen MR) is 91.7 cm³/mol. The van der Waals surface area contributed by atoms with E-state index in [9.17, 15) is 0 Å². The van der Waals surface area contributed by atoms with E-state index in [1.54, 1.807) is 4.52 Å². The van der Waals surface area contributed by atoms with Gasteiger partial charge in [0.2, 0.25) is 0 Å². The monoisotopic (exact) mass is 308 g/mol. The maximum absolute atomic E-state index is 6.03. The Bertz CT molecular complexity index is 826. The Morgan fingerprint density at radius 3 is 2.74 bits per heavy atom. The maximum Gasteiger partial charge on any atom is 0.177 e. The summed E-state index contributed by atoms with van der Waals surface area (Å²) in [6.45, 7) is 0. The molecule has 0 bridgehead atoms. The first kappa shape index (κ1) is 14.0. The van der Waals surface area contributed by atoms with Crippen molar-refractivity contribution in [3.8, 4) is 0 Å². The third kappa shape index (κ3) is 2.73. The van der Waals surface area contributed by atoms with Crippen LogP contribution >= 0.6 is 0 Å². The normalized spacial score (nSPS) is 20.9. The Morgan fingerprint density at radius 2 is 2.00 bits per heavy atom. The molecule has 1 aliphatic rings. The lowest BCUT2D eigenvalue weighted by atomic mass is 10.1. The molecule has 0 spiro atoms. The fraction of sp³-hybridized carbons (Fsp3) is 0.294. The summed E-state index contributed by atoms with van der Waals surface area (Å²) < 4.78 is 1.76. The molecule has 0 aliphatic heterocycles. The zero-order valence-corrected chi connectivity index (χ0v) is 12.8. The Labute approximate surface area is 134 Å². The van der Waals surface area contributed by atoms with E-state index >= 15 is 0 Å². The molecule has 6 heteroatoms. The third-order valence-corrected chi connectivity index (χ3v) is 4.41. The Morgan fingerprint density at radius 1 is 1.17 bits per heavy atom. The van der Waals surface area contributed by atoms with E-state index < -0.39 is 0 Å². The molecule has 0 saturated heterocycles. The fourth-order valence-corrected chi connectivity index (χ4v) is 3.27. The third-order valence-electron chi connectivity index (χ3n) is 4.41. The van der Waals surface area contributed by atoms with Gasteiger partial charge in [0, 0.05) is 23.7 Å². The lowest BCUT2D eigenvalue weighted by molar-refractivity contribution is 0.664. The molecule has 0 radical (unpaired) electrons. The van der Waals surface area contributed by atoms with Crippen molar-refractivity contribution < 1.29 is 0 Å². The van der Waals surface area contributed by atoms with Crippen LogP contribution in [0.25, 0.3) is 5.65 Å². The van der Waals surface area contributed by atoms with Crippen LogP contribution in [-0.4, -0.2) is 20.6 Å². The summed E-state index contributed by atoms with van der Waals surface area (Å²) in [6, 6.07) is 12.1. The van der Waals surface area contributed by atoms with Gasteiger partial charge < -0.3 is 16.8 Å². The molecule has 2 aromatic heterocycles. The van der Waals surface area contributed by atoms with Crippen LogP contribution in [0.15, 0.2) is 42.6 Å². The van der Waals surface area contributed by atoms with Crippen molar-refractivity contribution in [3.05, 3.63) is 48.3 Å². The van der Waals surface area contributed by atoms with Crippen molar-refractivity contribution >= 4 is 22.8 Å². The van der Waals surface area contributed by atoms with Gasteiger partial charge in [-0.15, -0.1) is 5.10 Å². The second-order valence-electron chi connectivity index (χ2n) is 6.18. The zero-order valence-electron chi connectivity index (χ0n) is 12.8. The Balaban J connectivity index is 1.73. The number of para-hydroxylation sites is 1. The highest BCUT2D eigenvalue weighted by Crippen LogP contribution is 2.34. The zero-order chi connectivity index (χ0) is 15.8. The summed E-state index contributed by atoms with van der Waals surface area (Å²) in [7, 11) is 0. The molecule has 1 aromatic carbocycles. The van der Waals surface area contributed by atoms with E-state index in [1.807, 2.05) is 42.6 Å². The predicted octanol–water partition coefficient (Wildman–Crippen LogP) is 2.65. The van der Waals surface area contributed by atoms with Crippen LogP contribution in [0.5, 0.6) is 0 Å². The molecule has 23 heavy (non-hydrogen) atoms. The van der Waals surface area contributed by atoms with Crippen molar-refractivity contribution in [3.63, 3.8) is 0 Å². The summed E-state index contributed by atoms with van der Waals surface area (Å²) in [4.78, 5) is 4.79. The van der Waals surface area contributed by atoms with Crippen LogP contribution in [0.3, 0.4) is 0 Å². The number of nitrogens with one attached hydrogen (secondary N) is 1. The molecule has 2 atom stereocenters. The molecule has 118 valence electrons. The molecule has 3 aromatic rings. The van der Waals surface area contributed by atoms with Gasteiger partial charge in [-0.3, -0.25) is 0 Å².